The molecule has 0 atom stereocenters. The van der Waals surface area contributed by atoms with Gasteiger partial charge in [-0.05, 0) is 13.8 Å². The standard InChI is InChI=1S/C19H22N4O/c1-14(2)19(24)23-11-9-22(10-12-23)18-13-17(20-15(3)21-18)16-7-5-4-6-8-16/h4-8,13H,1,9-12H2,2-3H3. The summed E-state index contributed by atoms with van der Waals surface area (Å²) >= 11 is 0. The van der Waals surface area contributed by atoms with Gasteiger partial charge in [0.1, 0.15) is 11.6 Å². The van der Waals surface area contributed by atoms with Crippen LogP contribution in [0.2, 0.25) is 0 Å². The molecule has 1 amide bonds. The van der Waals surface area contributed by atoms with Crippen LogP contribution in [0.1, 0.15) is 12.7 Å². The van der Waals surface area contributed by atoms with Gasteiger partial charge in [0, 0.05) is 43.4 Å². The lowest BCUT2D eigenvalue weighted by Crippen LogP contribution is -2.49. The monoisotopic (exact) mass is 322 g/mol. The van der Waals surface area contributed by atoms with Gasteiger partial charge >= 0.3 is 0 Å². The predicted octanol–water partition coefficient (Wildman–Crippen LogP) is 2.68. The Bertz CT molecular complexity index is 749. The van der Waals surface area contributed by atoms with Gasteiger partial charge in [-0.2, -0.15) is 0 Å². The van der Waals surface area contributed by atoms with Gasteiger partial charge in [-0.25, -0.2) is 9.97 Å². The van der Waals surface area contributed by atoms with Crippen molar-refractivity contribution in [1.82, 2.24) is 14.9 Å². The van der Waals surface area contributed by atoms with Gasteiger partial charge in [0.25, 0.3) is 0 Å². The Labute approximate surface area is 142 Å². The largest absolute Gasteiger partial charge is 0.353 e. The zero-order valence-electron chi connectivity index (χ0n) is 14.2. The quantitative estimate of drug-likeness (QED) is 0.815. The summed E-state index contributed by atoms with van der Waals surface area (Å²) in [5.74, 6) is 1.72. The van der Waals surface area contributed by atoms with Crippen molar-refractivity contribution in [2.45, 2.75) is 13.8 Å². The van der Waals surface area contributed by atoms with Crippen LogP contribution in [-0.4, -0.2) is 47.0 Å². The van der Waals surface area contributed by atoms with Gasteiger partial charge in [0.05, 0.1) is 5.69 Å². The fraction of sp³-hybridized carbons (Fsp3) is 0.316. The molecular formula is C19H22N4O. The van der Waals surface area contributed by atoms with Crippen LogP contribution in [0.25, 0.3) is 11.3 Å². The van der Waals surface area contributed by atoms with Crippen LogP contribution in [-0.2, 0) is 4.79 Å². The van der Waals surface area contributed by atoms with Crippen molar-refractivity contribution >= 4 is 11.7 Å². The smallest absolute Gasteiger partial charge is 0.249 e. The first-order valence-electron chi connectivity index (χ1n) is 8.15. The van der Waals surface area contributed by atoms with Crippen molar-refractivity contribution in [2.24, 2.45) is 0 Å². The molecule has 1 aromatic carbocycles. The van der Waals surface area contributed by atoms with Gasteiger partial charge in [-0.1, -0.05) is 36.9 Å². The van der Waals surface area contributed by atoms with Crippen LogP contribution in [0, 0.1) is 6.92 Å². The van der Waals surface area contributed by atoms with E-state index in [1.807, 2.05) is 36.1 Å². The fourth-order valence-electron chi connectivity index (χ4n) is 2.88. The van der Waals surface area contributed by atoms with Crippen molar-refractivity contribution in [2.75, 3.05) is 31.1 Å². The van der Waals surface area contributed by atoms with Crippen molar-refractivity contribution in [3.05, 3.63) is 54.4 Å². The highest BCUT2D eigenvalue weighted by Crippen LogP contribution is 2.22. The molecule has 0 saturated carbocycles. The lowest BCUT2D eigenvalue weighted by atomic mass is 10.1. The average Bonchev–Trinajstić information content (AvgIpc) is 2.61. The number of amides is 1. The van der Waals surface area contributed by atoms with Crippen LogP contribution < -0.4 is 4.90 Å². The van der Waals surface area contributed by atoms with Crippen molar-refractivity contribution in [1.29, 1.82) is 0 Å². The number of piperazine rings is 1. The molecule has 1 saturated heterocycles. The third-order valence-electron chi connectivity index (χ3n) is 4.15. The highest BCUT2D eigenvalue weighted by Gasteiger charge is 2.22. The number of aryl methyl sites for hydroxylation is 1. The number of hydrogen-bond acceptors (Lipinski definition) is 4. The van der Waals surface area contributed by atoms with Gasteiger partial charge in [-0.3, -0.25) is 4.79 Å². The molecule has 5 heteroatoms. The summed E-state index contributed by atoms with van der Waals surface area (Å²) < 4.78 is 0. The molecule has 2 heterocycles. The molecular weight excluding hydrogens is 300 g/mol. The minimum atomic E-state index is 0.0403. The van der Waals surface area contributed by atoms with E-state index in [0.29, 0.717) is 18.7 Å². The lowest BCUT2D eigenvalue weighted by molar-refractivity contribution is -0.127. The summed E-state index contributed by atoms with van der Waals surface area (Å²) in [6.07, 6.45) is 0. The van der Waals surface area contributed by atoms with Gasteiger partial charge < -0.3 is 9.80 Å². The molecule has 0 unspecified atom stereocenters. The predicted molar refractivity (Wildman–Crippen MR) is 95.8 cm³/mol. The number of benzene rings is 1. The molecule has 3 rings (SSSR count). The van der Waals surface area contributed by atoms with Crippen LogP contribution >= 0.6 is 0 Å². The van der Waals surface area contributed by atoms with Crippen molar-refractivity contribution in [3.63, 3.8) is 0 Å². The first kappa shape index (κ1) is 16.2. The molecule has 124 valence electrons. The van der Waals surface area contributed by atoms with E-state index in [0.717, 1.165) is 36.0 Å². The molecule has 1 fully saturated rings. The van der Waals surface area contributed by atoms with Gasteiger partial charge in [-0.15, -0.1) is 0 Å². The molecule has 0 aliphatic carbocycles. The maximum absolute atomic E-state index is 12.0. The molecule has 5 nitrogen and oxygen atoms in total. The maximum Gasteiger partial charge on any atom is 0.249 e. The van der Waals surface area contributed by atoms with E-state index in [1.165, 1.54) is 0 Å². The summed E-state index contributed by atoms with van der Waals surface area (Å²) in [5.41, 5.74) is 2.60. The second kappa shape index (κ2) is 6.83. The van der Waals surface area contributed by atoms with E-state index in [1.54, 1.807) is 6.92 Å². The molecule has 24 heavy (non-hydrogen) atoms. The van der Waals surface area contributed by atoms with Crippen LogP contribution in [0.5, 0.6) is 0 Å². The van der Waals surface area contributed by atoms with Crippen LogP contribution in [0.3, 0.4) is 0 Å². The summed E-state index contributed by atoms with van der Waals surface area (Å²) in [7, 11) is 0. The minimum Gasteiger partial charge on any atom is -0.353 e. The lowest BCUT2D eigenvalue weighted by Gasteiger charge is -2.35. The first-order chi connectivity index (χ1) is 11.5. The molecule has 2 aromatic rings. The third-order valence-corrected chi connectivity index (χ3v) is 4.15. The number of hydrogen-bond donors (Lipinski definition) is 0. The number of rotatable bonds is 3. The number of anilines is 1. The zero-order valence-corrected chi connectivity index (χ0v) is 14.2. The zero-order chi connectivity index (χ0) is 17.1. The Balaban J connectivity index is 1.78. The maximum atomic E-state index is 12.0. The molecule has 1 aliphatic heterocycles. The molecule has 1 aromatic heterocycles. The Kier molecular flexibility index (Phi) is 4.60. The Morgan fingerprint density at radius 2 is 1.75 bits per heavy atom. The minimum absolute atomic E-state index is 0.0403. The van der Waals surface area contributed by atoms with E-state index in [9.17, 15) is 4.79 Å². The van der Waals surface area contributed by atoms with E-state index in [4.69, 9.17) is 0 Å². The number of aromatic nitrogens is 2. The Hall–Kier alpha value is -2.69. The number of carbonyl (C=O) groups is 1. The Morgan fingerprint density at radius 3 is 2.38 bits per heavy atom. The number of nitrogens with zero attached hydrogens (tertiary/aromatic N) is 4. The molecule has 0 radical (unpaired) electrons. The van der Waals surface area contributed by atoms with Gasteiger partial charge in [0.2, 0.25) is 5.91 Å². The summed E-state index contributed by atoms with van der Waals surface area (Å²) in [6.45, 7) is 10.3. The van der Waals surface area contributed by atoms with E-state index >= 15 is 0 Å². The molecule has 0 spiro atoms. The van der Waals surface area contributed by atoms with E-state index in [2.05, 4.69) is 33.6 Å². The summed E-state index contributed by atoms with van der Waals surface area (Å²) in [5, 5.41) is 0. The molecule has 0 N–H and O–H groups in total. The molecule has 0 bridgehead atoms. The fourth-order valence-corrected chi connectivity index (χ4v) is 2.88. The van der Waals surface area contributed by atoms with Crippen LogP contribution in [0.4, 0.5) is 5.82 Å². The van der Waals surface area contributed by atoms with Crippen molar-refractivity contribution in [3.8, 4) is 11.3 Å². The third kappa shape index (κ3) is 3.45. The van der Waals surface area contributed by atoms with E-state index in [-0.39, 0.29) is 5.91 Å². The average molecular weight is 322 g/mol. The van der Waals surface area contributed by atoms with Crippen LogP contribution in [0.15, 0.2) is 48.6 Å². The van der Waals surface area contributed by atoms with E-state index < -0.39 is 0 Å². The summed E-state index contributed by atoms with van der Waals surface area (Å²) in [6, 6.07) is 12.1. The topological polar surface area (TPSA) is 49.3 Å². The van der Waals surface area contributed by atoms with Crippen molar-refractivity contribution < 1.29 is 4.79 Å². The second-order valence-corrected chi connectivity index (χ2v) is 6.08. The normalized spacial score (nSPS) is 14.6. The Morgan fingerprint density at radius 1 is 1.08 bits per heavy atom. The SMILES string of the molecule is C=C(C)C(=O)N1CCN(c2cc(-c3ccccc3)nc(C)n2)CC1. The second-order valence-electron chi connectivity index (χ2n) is 6.08. The number of carbonyl (C=O) groups excluding carboxylic acids is 1. The first-order valence-corrected chi connectivity index (χ1v) is 8.15. The summed E-state index contributed by atoms with van der Waals surface area (Å²) in [4.78, 5) is 25.2. The van der Waals surface area contributed by atoms with Gasteiger partial charge in [0.15, 0.2) is 0 Å². The molecule has 1 aliphatic rings. The highest BCUT2D eigenvalue weighted by molar-refractivity contribution is 5.92. The highest BCUT2D eigenvalue weighted by atomic mass is 16.2.